The van der Waals surface area contributed by atoms with E-state index >= 15 is 0 Å². The number of methoxy groups -OCH3 is 3. The van der Waals surface area contributed by atoms with E-state index in [4.69, 9.17) is 14.2 Å². The van der Waals surface area contributed by atoms with Gasteiger partial charge in [0.15, 0.2) is 5.78 Å². The normalized spacial score (nSPS) is 20.4. The van der Waals surface area contributed by atoms with Gasteiger partial charge in [0.05, 0.1) is 32.8 Å². The highest BCUT2D eigenvalue weighted by atomic mass is 16.5. The molecule has 2 aromatic rings. The zero-order valence-electron chi connectivity index (χ0n) is 18.7. The zero-order chi connectivity index (χ0) is 22.8. The fourth-order valence-electron chi connectivity index (χ4n) is 4.76. The maximum absolute atomic E-state index is 13.6. The molecule has 0 saturated carbocycles. The summed E-state index contributed by atoms with van der Waals surface area (Å²) in [6.07, 6.45) is 1.06. The molecule has 6 nitrogen and oxygen atoms in total. The minimum absolute atomic E-state index is 0.0105. The van der Waals surface area contributed by atoms with Crippen molar-refractivity contribution in [2.75, 3.05) is 21.3 Å². The molecule has 0 amide bonds. The Labute approximate surface area is 187 Å². The van der Waals surface area contributed by atoms with Crippen LogP contribution in [0.25, 0.3) is 0 Å². The maximum Gasteiger partial charge on any atom is 0.336 e. The third-order valence-electron chi connectivity index (χ3n) is 6.25. The summed E-state index contributed by atoms with van der Waals surface area (Å²) >= 11 is 0. The SMILES string of the molecule is COC(=O)C1=C(C)NC2=C(C(=O)C[C@H](c3ccccc3)C2)[C@@H]1c1cc(OC)ccc1OC. The van der Waals surface area contributed by atoms with Crippen LogP contribution in [0.3, 0.4) is 0 Å². The van der Waals surface area contributed by atoms with Crippen LogP contribution in [-0.4, -0.2) is 33.1 Å². The number of carbonyl (C=O) groups is 2. The van der Waals surface area contributed by atoms with Crippen LogP contribution < -0.4 is 14.8 Å². The van der Waals surface area contributed by atoms with Crippen molar-refractivity contribution in [2.24, 2.45) is 0 Å². The van der Waals surface area contributed by atoms with E-state index < -0.39 is 11.9 Å². The molecule has 166 valence electrons. The summed E-state index contributed by atoms with van der Waals surface area (Å²) in [5.41, 5.74) is 4.35. The van der Waals surface area contributed by atoms with Crippen LogP contribution >= 0.6 is 0 Å². The Hall–Kier alpha value is -3.54. The number of ketones is 1. The number of nitrogens with one attached hydrogen (secondary N) is 1. The van der Waals surface area contributed by atoms with Crippen molar-refractivity contribution in [1.29, 1.82) is 0 Å². The van der Waals surface area contributed by atoms with E-state index in [2.05, 4.69) is 17.4 Å². The molecule has 0 fully saturated rings. The van der Waals surface area contributed by atoms with Gasteiger partial charge in [-0.1, -0.05) is 30.3 Å². The smallest absolute Gasteiger partial charge is 0.336 e. The number of hydrogen-bond acceptors (Lipinski definition) is 6. The second-order valence-corrected chi connectivity index (χ2v) is 8.03. The Morgan fingerprint density at radius 3 is 2.41 bits per heavy atom. The third-order valence-corrected chi connectivity index (χ3v) is 6.25. The van der Waals surface area contributed by atoms with Gasteiger partial charge in [0.2, 0.25) is 0 Å². The van der Waals surface area contributed by atoms with E-state index in [1.54, 1.807) is 26.4 Å². The molecule has 0 bridgehead atoms. The summed E-state index contributed by atoms with van der Waals surface area (Å²) in [7, 11) is 4.50. The van der Waals surface area contributed by atoms with Crippen molar-refractivity contribution in [2.45, 2.75) is 31.6 Å². The first-order chi connectivity index (χ1) is 15.5. The van der Waals surface area contributed by atoms with Crippen LogP contribution in [0.15, 0.2) is 71.1 Å². The third kappa shape index (κ3) is 3.77. The quantitative estimate of drug-likeness (QED) is 0.711. The lowest BCUT2D eigenvalue weighted by molar-refractivity contribution is -0.136. The van der Waals surface area contributed by atoms with Gasteiger partial charge in [0.1, 0.15) is 11.5 Å². The minimum Gasteiger partial charge on any atom is -0.497 e. The van der Waals surface area contributed by atoms with Crippen LogP contribution in [0, 0.1) is 0 Å². The number of allylic oxidation sites excluding steroid dienone is 3. The van der Waals surface area contributed by atoms with E-state index in [0.29, 0.717) is 46.7 Å². The van der Waals surface area contributed by atoms with Gasteiger partial charge in [-0.15, -0.1) is 0 Å². The second-order valence-electron chi connectivity index (χ2n) is 8.03. The highest BCUT2D eigenvalue weighted by Crippen LogP contribution is 2.48. The Bertz CT molecular complexity index is 1120. The van der Waals surface area contributed by atoms with Crippen LogP contribution in [0.1, 0.15) is 42.7 Å². The van der Waals surface area contributed by atoms with E-state index in [-0.39, 0.29) is 11.7 Å². The fourth-order valence-corrected chi connectivity index (χ4v) is 4.76. The lowest BCUT2D eigenvalue weighted by Gasteiger charge is -2.37. The second kappa shape index (κ2) is 8.91. The maximum atomic E-state index is 13.6. The highest BCUT2D eigenvalue weighted by Gasteiger charge is 2.42. The zero-order valence-corrected chi connectivity index (χ0v) is 18.7. The first kappa shape index (κ1) is 21.7. The van der Waals surface area contributed by atoms with Crippen LogP contribution in [0.4, 0.5) is 0 Å². The number of benzene rings is 2. The summed E-state index contributed by atoms with van der Waals surface area (Å²) in [5, 5.41) is 3.35. The van der Waals surface area contributed by atoms with Gasteiger partial charge in [0, 0.05) is 29.0 Å². The molecule has 1 N–H and O–H groups in total. The molecule has 0 unspecified atom stereocenters. The number of Topliss-reactive ketones (excluding diaryl/α,β-unsaturated/α-hetero) is 1. The summed E-state index contributed by atoms with van der Waals surface area (Å²) in [6.45, 7) is 1.84. The molecule has 0 spiro atoms. The van der Waals surface area contributed by atoms with Gasteiger partial charge in [-0.05, 0) is 43.0 Å². The minimum atomic E-state index is -0.604. The summed E-state index contributed by atoms with van der Waals surface area (Å²) in [5.74, 6) is 0.208. The van der Waals surface area contributed by atoms with E-state index in [0.717, 1.165) is 11.3 Å². The fraction of sp³-hybridized carbons (Fsp3) is 0.308. The van der Waals surface area contributed by atoms with Gasteiger partial charge < -0.3 is 19.5 Å². The lowest BCUT2D eigenvalue weighted by atomic mass is 9.71. The molecule has 1 aliphatic heterocycles. The van der Waals surface area contributed by atoms with E-state index in [9.17, 15) is 9.59 Å². The molecule has 6 heteroatoms. The molecular weight excluding hydrogens is 406 g/mol. The number of dihydropyridines is 1. The predicted molar refractivity (Wildman–Crippen MR) is 121 cm³/mol. The van der Waals surface area contributed by atoms with Gasteiger partial charge in [-0.25, -0.2) is 4.79 Å². The van der Waals surface area contributed by atoms with Crippen LogP contribution in [-0.2, 0) is 14.3 Å². The van der Waals surface area contributed by atoms with Crippen LogP contribution in [0.2, 0.25) is 0 Å². The molecule has 4 rings (SSSR count). The lowest BCUT2D eigenvalue weighted by Crippen LogP contribution is -2.36. The van der Waals surface area contributed by atoms with Gasteiger partial charge in [-0.2, -0.15) is 0 Å². The number of ether oxygens (including phenoxy) is 3. The first-order valence-electron chi connectivity index (χ1n) is 10.6. The van der Waals surface area contributed by atoms with Gasteiger partial charge >= 0.3 is 5.97 Å². The predicted octanol–water partition coefficient (Wildman–Crippen LogP) is 4.24. The summed E-state index contributed by atoms with van der Waals surface area (Å²) < 4.78 is 16.1. The highest BCUT2D eigenvalue weighted by molar-refractivity contribution is 6.04. The number of carbonyl (C=O) groups excluding carboxylic acids is 2. The topological polar surface area (TPSA) is 73.9 Å². The largest absolute Gasteiger partial charge is 0.497 e. The van der Waals surface area contributed by atoms with Crippen LogP contribution in [0.5, 0.6) is 11.5 Å². The summed E-state index contributed by atoms with van der Waals surface area (Å²) in [4.78, 5) is 26.4. The van der Waals surface area contributed by atoms with Gasteiger partial charge in [-0.3, -0.25) is 4.79 Å². The van der Waals surface area contributed by atoms with Crippen molar-refractivity contribution < 1.29 is 23.8 Å². The molecule has 2 aliphatic rings. The standard InChI is InChI=1S/C26H27NO5/c1-15-23(26(29)32-4)24(19-14-18(30-2)10-11-22(19)31-3)25-20(27-15)12-17(13-21(25)28)16-8-6-5-7-9-16/h5-11,14,17,24,27H,12-13H2,1-4H3/t17-,24-/m1/s1. The Morgan fingerprint density at radius 1 is 1.00 bits per heavy atom. The summed E-state index contributed by atoms with van der Waals surface area (Å²) in [6, 6.07) is 15.5. The Morgan fingerprint density at radius 2 is 1.75 bits per heavy atom. The Kier molecular flexibility index (Phi) is 6.04. The number of rotatable bonds is 5. The molecular formula is C26H27NO5. The Balaban J connectivity index is 1.88. The number of esters is 1. The van der Waals surface area contributed by atoms with Crippen molar-refractivity contribution in [3.63, 3.8) is 0 Å². The molecule has 1 heterocycles. The van der Waals surface area contributed by atoms with Crippen molar-refractivity contribution in [1.82, 2.24) is 5.32 Å². The average molecular weight is 434 g/mol. The molecule has 0 saturated heterocycles. The van der Waals surface area contributed by atoms with Gasteiger partial charge in [0.25, 0.3) is 0 Å². The van der Waals surface area contributed by atoms with E-state index in [1.165, 1.54) is 7.11 Å². The molecule has 2 atom stereocenters. The monoisotopic (exact) mass is 433 g/mol. The molecule has 0 aromatic heterocycles. The molecule has 2 aromatic carbocycles. The average Bonchev–Trinajstić information content (AvgIpc) is 2.82. The van der Waals surface area contributed by atoms with E-state index in [1.807, 2.05) is 31.2 Å². The first-order valence-corrected chi connectivity index (χ1v) is 10.6. The number of hydrogen-bond donors (Lipinski definition) is 1. The van der Waals surface area contributed by atoms with Crippen molar-refractivity contribution in [3.8, 4) is 11.5 Å². The molecule has 32 heavy (non-hydrogen) atoms. The molecule has 1 aliphatic carbocycles. The van der Waals surface area contributed by atoms with Crippen molar-refractivity contribution >= 4 is 11.8 Å². The molecule has 0 radical (unpaired) electrons. The van der Waals surface area contributed by atoms with Crippen molar-refractivity contribution in [3.05, 3.63) is 82.2 Å².